The summed E-state index contributed by atoms with van der Waals surface area (Å²) in [4.78, 5) is 6.70. The first-order valence-electron chi connectivity index (χ1n) is 8.33. The van der Waals surface area contributed by atoms with E-state index in [0.29, 0.717) is 15.6 Å². The molecule has 2 atom stereocenters. The smallest absolute Gasteiger partial charge is 0.184 e. The maximum Gasteiger partial charge on any atom is 0.184 e. The minimum atomic E-state index is -1.28. The van der Waals surface area contributed by atoms with E-state index in [1.165, 1.54) is 0 Å². The Labute approximate surface area is 173 Å². The minimum Gasteiger partial charge on any atom is -0.365 e. The molecule has 0 bridgehead atoms. The van der Waals surface area contributed by atoms with Gasteiger partial charge in [0.05, 0.1) is 5.25 Å². The molecule has 2 aromatic carbocycles. The van der Waals surface area contributed by atoms with Crippen molar-refractivity contribution in [3.8, 4) is 0 Å². The summed E-state index contributed by atoms with van der Waals surface area (Å²) in [6, 6.07) is 15.1. The Morgan fingerprint density at radius 3 is 2.46 bits per heavy atom. The van der Waals surface area contributed by atoms with Gasteiger partial charge in [-0.1, -0.05) is 71.4 Å². The molecule has 7 heteroatoms. The second-order valence-corrected chi connectivity index (χ2v) is 8.14. The number of thioether (sulfide) groups is 1. The van der Waals surface area contributed by atoms with Gasteiger partial charge in [-0.25, -0.2) is 0 Å². The number of halogens is 3. The van der Waals surface area contributed by atoms with E-state index in [4.69, 9.17) is 28.2 Å². The molecule has 2 aromatic rings. The molecule has 2 aliphatic rings. The van der Waals surface area contributed by atoms with Crippen LogP contribution in [0.4, 0.5) is 0 Å². The first-order valence-corrected chi connectivity index (χ1v) is 9.96. The maximum absolute atomic E-state index is 12.0. The molecule has 1 N–H and O–H groups in total. The molecule has 2 aliphatic heterocycles. The van der Waals surface area contributed by atoms with Crippen LogP contribution in [0.2, 0.25) is 10.0 Å². The predicted octanol–water partition coefficient (Wildman–Crippen LogP) is 5.50. The fraction of sp³-hybridized carbons (Fsp3) is 0.316. The van der Waals surface area contributed by atoms with Crippen molar-refractivity contribution >= 4 is 52.5 Å². The average Bonchev–Trinajstić information content (AvgIpc) is 2.77. The molecule has 26 heavy (non-hydrogen) atoms. The van der Waals surface area contributed by atoms with Crippen LogP contribution >= 0.6 is 47.4 Å². The first kappa shape index (κ1) is 19.8. The Morgan fingerprint density at radius 2 is 1.73 bits per heavy atom. The number of rotatable bonds is 2. The summed E-state index contributed by atoms with van der Waals surface area (Å²) in [6.07, 6.45) is 2.01. The zero-order valence-electron chi connectivity index (χ0n) is 13.9. The second kappa shape index (κ2) is 7.99. The van der Waals surface area contributed by atoms with Gasteiger partial charge >= 0.3 is 0 Å². The summed E-state index contributed by atoms with van der Waals surface area (Å²) in [5, 5.41) is 13.7. The SMILES string of the molecule is Cl.OC1(c2ccccc2Cl)C(c2ccccc2Cl)SC2=NCCCCN21. The number of nitrogens with zero attached hydrogens (tertiary/aromatic N) is 2. The molecule has 1 saturated heterocycles. The van der Waals surface area contributed by atoms with E-state index in [9.17, 15) is 5.11 Å². The lowest BCUT2D eigenvalue weighted by Crippen LogP contribution is -2.46. The standard InChI is InChI=1S/C19H18Cl2N2OS.ClH/c20-15-9-3-1-7-13(15)17-19(24,14-8-2-4-10-16(14)21)23-12-6-5-11-22-18(23)25-17;/h1-4,7-10,17,24H,5-6,11-12H2;1H. The number of hydrogen-bond acceptors (Lipinski definition) is 4. The van der Waals surface area contributed by atoms with Gasteiger partial charge < -0.3 is 10.0 Å². The molecule has 0 aliphatic carbocycles. The zero-order valence-corrected chi connectivity index (χ0v) is 17.1. The predicted molar refractivity (Wildman–Crippen MR) is 113 cm³/mol. The average molecular weight is 430 g/mol. The van der Waals surface area contributed by atoms with Crippen LogP contribution in [0, 0.1) is 0 Å². The van der Waals surface area contributed by atoms with Crippen LogP contribution in [-0.4, -0.2) is 28.3 Å². The lowest BCUT2D eigenvalue weighted by Gasteiger charge is -2.38. The van der Waals surface area contributed by atoms with Gasteiger partial charge in [-0.2, -0.15) is 0 Å². The Bertz CT molecular complexity index is 832. The van der Waals surface area contributed by atoms with E-state index in [2.05, 4.69) is 0 Å². The van der Waals surface area contributed by atoms with E-state index in [1.54, 1.807) is 11.8 Å². The van der Waals surface area contributed by atoms with Gasteiger partial charge in [-0.05, 0) is 30.5 Å². The van der Waals surface area contributed by atoms with Crippen molar-refractivity contribution in [1.82, 2.24) is 4.90 Å². The summed E-state index contributed by atoms with van der Waals surface area (Å²) in [6.45, 7) is 1.53. The number of fused-ring (bicyclic) bond motifs is 1. The largest absolute Gasteiger partial charge is 0.365 e. The maximum atomic E-state index is 12.0. The summed E-state index contributed by atoms with van der Waals surface area (Å²) < 4.78 is 0. The number of aliphatic hydroxyl groups is 1. The molecule has 3 nitrogen and oxygen atoms in total. The van der Waals surface area contributed by atoms with E-state index < -0.39 is 5.72 Å². The van der Waals surface area contributed by atoms with Gasteiger partial charge in [-0.15, -0.1) is 12.4 Å². The fourth-order valence-corrected chi connectivity index (χ4v) is 5.57. The van der Waals surface area contributed by atoms with Crippen LogP contribution in [0.5, 0.6) is 0 Å². The van der Waals surface area contributed by atoms with Crippen LogP contribution in [0.25, 0.3) is 0 Å². The van der Waals surface area contributed by atoms with Gasteiger partial charge in [-0.3, -0.25) is 4.99 Å². The highest BCUT2D eigenvalue weighted by atomic mass is 35.5. The Morgan fingerprint density at radius 1 is 1.04 bits per heavy atom. The quantitative estimate of drug-likeness (QED) is 0.684. The lowest BCUT2D eigenvalue weighted by molar-refractivity contribution is -0.0711. The van der Waals surface area contributed by atoms with Gasteiger partial charge in [0.2, 0.25) is 0 Å². The van der Waals surface area contributed by atoms with Crippen molar-refractivity contribution < 1.29 is 5.11 Å². The van der Waals surface area contributed by atoms with Crippen molar-refractivity contribution in [3.63, 3.8) is 0 Å². The molecule has 2 unspecified atom stereocenters. The highest BCUT2D eigenvalue weighted by molar-refractivity contribution is 8.14. The third-order valence-corrected chi connectivity index (χ3v) is 6.78. The van der Waals surface area contributed by atoms with E-state index >= 15 is 0 Å². The molecule has 0 radical (unpaired) electrons. The monoisotopic (exact) mass is 428 g/mol. The number of aliphatic imine (C=N–C) groups is 1. The first-order chi connectivity index (χ1) is 12.1. The molecule has 0 aromatic heterocycles. The number of amidine groups is 1. The molecule has 1 fully saturated rings. The zero-order chi connectivity index (χ0) is 17.4. The normalized spacial score (nSPS) is 25.1. The summed E-state index contributed by atoms with van der Waals surface area (Å²) in [5.74, 6) is 0. The van der Waals surface area contributed by atoms with Crippen molar-refractivity contribution in [3.05, 3.63) is 69.7 Å². The third-order valence-electron chi connectivity index (χ3n) is 4.73. The number of benzene rings is 2. The van der Waals surface area contributed by atoms with Crippen LogP contribution in [0.3, 0.4) is 0 Å². The molecule has 138 valence electrons. The molecule has 0 amide bonds. The van der Waals surface area contributed by atoms with E-state index in [0.717, 1.165) is 36.7 Å². The van der Waals surface area contributed by atoms with E-state index in [-0.39, 0.29) is 17.7 Å². The molecule has 4 rings (SSSR count). The topological polar surface area (TPSA) is 35.8 Å². The van der Waals surface area contributed by atoms with Gasteiger partial charge in [0.15, 0.2) is 10.9 Å². The summed E-state index contributed by atoms with van der Waals surface area (Å²) in [5.41, 5.74) is 0.311. The van der Waals surface area contributed by atoms with Gasteiger partial charge in [0.25, 0.3) is 0 Å². The van der Waals surface area contributed by atoms with Gasteiger partial charge in [0.1, 0.15) is 0 Å². The third kappa shape index (κ3) is 3.23. The van der Waals surface area contributed by atoms with Crippen LogP contribution in [0.1, 0.15) is 29.2 Å². The number of hydrogen-bond donors (Lipinski definition) is 1. The Kier molecular flexibility index (Phi) is 6.10. The highest BCUT2D eigenvalue weighted by Gasteiger charge is 2.54. The molecule has 2 heterocycles. The summed E-state index contributed by atoms with van der Waals surface area (Å²) >= 11 is 14.5. The second-order valence-electron chi connectivity index (χ2n) is 6.25. The van der Waals surface area contributed by atoms with Crippen LogP contribution in [0.15, 0.2) is 53.5 Å². The minimum absolute atomic E-state index is 0. The van der Waals surface area contributed by atoms with Crippen LogP contribution in [-0.2, 0) is 5.72 Å². The van der Waals surface area contributed by atoms with Gasteiger partial charge in [0, 0.05) is 28.7 Å². The van der Waals surface area contributed by atoms with E-state index in [1.807, 2.05) is 53.4 Å². The Hall–Kier alpha value is -0.910. The van der Waals surface area contributed by atoms with Crippen molar-refractivity contribution in [2.45, 2.75) is 23.8 Å². The lowest BCUT2D eigenvalue weighted by atomic mass is 9.92. The van der Waals surface area contributed by atoms with Crippen LogP contribution < -0.4 is 0 Å². The molecular weight excluding hydrogens is 411 g/mol. The molecule has 0 saturated carbocycles. The summed E-state index contributed by atoms with van der Waals surface area (Å²) in [7, 11) is 0. The van der Waals surface area contributed by atoms with Crippen molar-refractivity contribution in [2.75, 3.05) is 13.1 Å². The van der Waals surface area contributed by atoms with Crippen molar-refractivity contribution in [2.24, 2.45) is 4.99 Å². The highest BCUT2D eigenvalue weighted by Crippen LogP contribution is 2.56. The molecular formula is C19H19Cl3N2OS. The fourth-order valence-electron chi connectivity index (χ4n) is 3.50. The van der Waals surface area contributed by atoms with Crippen molar-refractivity contribution in [1.29, 1.82) is 0 Å². The molecule has 0 spiro atoms. The Balaban J connectivity index is 0.00000196.